The summed E-state index contributed by atoms with van der Waals surface area (Å²) in [6, 6.07) is -0.181. The highest BCUT2D eigenvalue weighted by atomic mass is 35.5. The summed E-state index contributed by atoms with van der Waals surface area (Å²) in [7, 11) is 1.88. The van der Waals surface area contributed by atoms with Crippen LogP contribution in [0.3, 0.4) is 0 Å². The number of nitrogens with one attached hydrogen (secondary N) is 1. The van der Waals surface area contributed by atoms with Gasteiger partial charge in [-0.1, -0.05) is 0 Å². The van der Waals surface area contributed by atoms with Gasteiger partial charge in [0.25, 0.3) is 0 Å². The first-order valence-electron chi connectivity index (χ1n) is 8.62. The van der Waals surface area contributed by atoms with Crippen LogP contribution >= 0.6 is 12.4 Å². The van der Waals surface area contributed by atoms with E-state index >= 15 is 0 Å². The van der Waals surface area contributed by atoms with Crippen LogP contribution in [-0.4, -0.2) is 70.7 Å². The lowest BCUT2D eigenvalue weighted by Crippen LogP contribution is -2.53. The van der Waals surface area contributed by atoms with Gasteiger partial charge in [-0.2, -0.15) is 13.2 Å². The van der Waals surface area contributed by atoms with Crippen molar-refractivity contribution in [1.82, 2.24) is 24.7 Å². The number of alkyl halides is 3. The second kappa shape index (κ2) is 8.58. The fourth-order valence-corrected chi connectivity index (χ4v) is 3.79. The summed E-state index contributed by atoms with van der Waals surface area (Å²) >= 11 is 0. The van der Waals surface area contributed by atoms with E-state index in [1.54, 1.807) is 11.1 Å². The summed E-state index contributed by atoms with van der Waals surface area (Å²) in [5, 5.41) is 3.27. The van der Waals surface area contributed by atoms with Gasteiger partial charge >= 0.3 is 6.18 Å². The lowest BCUT2D eigenvalue weighted by Gasteiger charge is -2.40. The zero-order valence-electron chi connectivity index (χ0n) is 14.7. The minimum Gasteiger partial charge on any atom is -0.336 e. The van der Waals surface area contributed by atoms with Crippen molar-refractivity contribution in [3.05, 3.63) is 18.2 Å². The normalized spacial score (nSPS) is 25.0. The second-order valence-corrected chi connectivity index (χ2v) is 6.84. The lowest BCUT2D eigenvalue weighted by atomic mass is 9.95. The predicted octanol–water partition coefficient (Wildman–Crippen LogP) is 1.59. The van der Waals surface area contributed by atoms with E-state index in [1.165, 1.54) is 4.90 Å². The fourth-order valence-electron chi connectivity index (χ4n) is 3.79. The minimum atomic E-state index is -4.23. The molecule has 0 aromatic carbocycles. The van der Waals surface area contributed by atoms with Crippen molar-refractivity contribution in [2.24, 2.45) is 13.0 Å². The largest absolute Gasteiger partial charge is 0.401 e. The number of carbonyl (C=O) groups is 1. The number of piperazine rings is 1. The molecule has 3 rings (SSSR count). The molecule has 1 amide bonds. The van der Waals surface area contributed by atoms with Crippen LogP contribution in [0.15, 0.2) is 12.4 Å². The molecular formula is C16H25ClF3N5O. The van der Waals surface area contributed by atoms with E-state index in [-0.39, 0.29) is 36.8 Å². The minimum absolute atomic E-state index is 0. The van der Waals surface area contributed by atoms with Crippen LogP contribution < -0.4 is 5.32 Å². The van der Waals surface area contributed by atoms with Crippen LogP contribution in [0.2, 0.25) is 0 Å². The van der Waals surface area contributed by atoms with Crippen molar-refractivity contribution in [3.8, 4) is 0 Å². The molecule has 1 aromatic heterocycles. The van der Waals surface area contributed by atoms with Crippen molar-refractivity contribution in [2.75, 3.05) is 39.3 Å². The Kier molecular flexibility index (Phi) is 6.92. The highest BCUT2D eigenvalue weighted by molar-refractivity contribution is 5.85. The highest BCUT2D eigenvalue weighted by Crippen LogP contribution is 2.27. The Labute approximate surface area is 157 Å². The molecule has 3 heterocycles. The Morgan fingerprint density at radius 3 is 2.81 bits per heavy atom. The topological polar surface area (TPSA) is 53.4 Å². The molecule has 2 atom stereocenters. The number of imidazole rings is 1. The summed E-state index contributed by atoms with van der Waals surface area (Å²) in [4.78, 5) is 20.5. The summed E-state index contributed by atoms with van der Waals surface area (Å²) in [6.45, 7) is 1.47. The third-order valence-electron chi connectivity index (χ3n) is 4.94. The highest BCUT2D eigenvalue weighted by Gasteiger charge is 2.38. The monoisotopic (exact) mass is 395 g/mol. The van der Waals surface area contributed by atoms with Gasteiger partial charge in [0.2, 0.25) is 5.91 Å². The van der Waals surface area contributed by atoms with Crippen LogP contribution in [0.5, 0.6) is 0 Å². The number of carbonyl (C=O) groups excluding carboxylic acids is 1. The van der Waals surface area contributed by atoms with Crippen molar-refractivity contribution in [2.45, 2.75) is 25.1 Å². The number of hydrogen-bond acceptors (Lipinski definition) is 4. The number of likely N-dealkylation sites (tertiary alicyclic amines) is 1. The average Bonchev–Trinajstić information content (AvgIpc) is 2.99. The first kappa shape index (κ1) is 21.0. The van der Waals surface area contributed by atoms with Crippen molar-refractivity contribution in [3.63, 3.8) is 0 Å². The molecule has 1 N–H and O–H groups in total. The number of piperidine rings is 1. The average molecular weight is 396 g/mol. The zero-order valence-corrected chi connectivity index (χ0v) is 15.5. The van der Waals surface area contributed by atoms with E-state index in [9.17, 15) is 18.0 Å². The van der Waals surface area contributed by atoms with Gasteiger partial charge < -0.3 is 14.8 Å². The molecule has 2 aliphatic rings. The van der Waals surface area contributed by atoms with Gasteiger partial charge in [-0.3, -0.25) is 9.69 Å². The van der Waals surface area contributed by atoms with E-state index in [1.807, 2.05) is 17.8 Å². The molecule has 26 heavy (non-hydrogen) atoms. The summed E-state index contributed by atoms with van der Waals surface area (Å²) in [6.07, 6.45) is 0.558. The quantitative estimate of drug-likeness (QED) is 0.844. The van der Waals surface area contributed by atoms with Crippen LogP contribution in [0.25, 0.3) is 0 Å². The van der Waals surface area contributed by atoms with Gasteiger partial charge in [-0.05, 0) is 19.4 Å². The summed E-state index contributed by atoms with van der Waals surface area (Å²) < 4.78 is 39.9. The third-order valence-corrected chi connectivity index (χ3v) is 4.94. The Hall–Kier alpha value is -1.32. The number of nitrogens with zero attached hydrogens (tertiary/aromatic N) is 4. The third kappa shape index (κ3) is 4.89. The molecule has 10 heteroatoms. The Morgan fingerprint density at radius 2 is 2.15 bits per heavy atom. The van der Waals surface area contributed by atoms with Gasteiger partial charge in [0.15, 0.2) is 0 Å². The number of aryl methyl sites for hydroxylation is 1. The molecule has 2 saturated heterocycles. The number of halogens is 4. The molecule has 0 aliphatic carbocycles. The molecule has 6 nitrogen and oxygen atoms in total. The first-order valence-corrected chi connectivity index (χ1v) is 8.62. The van der Waals surface area contributed by atoms with Crippen molar-refractivity contribution < 1.29 is 18.0 Å². The molecule has 0 spiro atoms. The molecule has 0 bridgehead atoms. The number of hydrogen-bond donors (Lipinski definition) is 1. The van der Waals surface area contributed by atoms with E-state index in [2.05, 4.69) is 10.3 Å². The number of rotatable bonds is 3. The molecular weight excluding hydrogens is 371 g/mol. The Bertz CT molecular complexity index is 609. The van der Waals surface area contributed by atoms with Crippen LogP contribution in [0.4, 0.5) is 13.2 Å². The van der Waals surface area contributed by atoms with E-state index < -0.39 is 12.7 Å². The molecule has 0 saturated carbocycles. The van der Waals surface area contributed by atoms with E-state index in [0.29, 0.717) is 39.0 Å². The van der Waals surface area contributed by atoms with Gasteiger partial charge in [-0.25, -0.2) is 4.98 Å². The van der Waals surface area contributed by atoms with Gasteiger partial charge in [-0.15, -0.1) is 12.4 Å². The predicted molar refractivity (Wildman–Crippen MR) is 93.0 cm³/mol. The fraction of sp³-hybridized carbons (Fsp3) is 0.750. The maximum absolute atomic E-state index is 13.0. The first-order chi connectivity index (χ1) is 11.8. The number of amides is 1. The van der Waals surface area contributed by atoms with E-state index in [0.717, 1.165) is 5.82 Å². The number of aromatic nitrogens is 2. The zero-order chi connectivity index (χ0) is 18.0. The van der Waals surface area contributed by atoms with Crippen LogP contribution in [0, 0.1) is 5.92 Å². The standard InChI is InChI=1S/C16H24F3N5O.ClH/c1-22-7-5-21-14(22)13-9-20-4-8-24(13)15(25)12-3-2-6-23(10-12)11-16(17,18)19;/h5,7,12-13,20H,2-4,6,8-11H2,1H3;1H. The molecule has 2 fully saturated rings. The second-order valence-electron chi connectivity index (χ2n) is 6.84. The Morgan fingerprint density at radius 1 is 1.38 bits per heavy atom. The Balaban J connectivity index is 0.00000243. The molecule has 0 radical (unpaired) electrons. The molecule has 2 aliphatic heterocycles. The maximum Gasteiger partial charge on any atom is 0.401 e. The summed E-state index contributed by atoms with van der Waals surface area (Å²) in [5.41, 5.74) is 0. The lowest BCUT2D eigenvalue weighted by molar-refractivity contribution is -0.155. The van der Waals surface area contributed by atoms with Gasteiger partial charge in [0, 0.05) is 45.6 Å². The van der Waals surface area contributed by atoms with Crippen molar-refractivity contribution in [1.29, 1.82) is 0 Å². The maximum atomic E-state index is 13.0. The SMILES string of the molecule is Cl.Cn1ccnc1C1CNCCN1C(=O)C1CCCN(CC(F)(F)F)C1. The molecule has 1 aromatic rings. The van der Waals surface area contributed by atoms with E-state index in [4.69, 9.17) is 0 Å². The summed E-state index contributed by atoms with van der Waals surface area (Å²) in [5.74, 6) is 0.363. The molecule has 148 valence electrons. The molecule has 2 unspecified atom stereocenters. The van der Waals surface area contributed by atoms with Crippen LogP contribution in [-0.2, 0) is 11.8 Å². The van der Waals surface area contributed by atoms with Gasteiger partial charge in [0.05, 0.1) is 12.5 Å². The van der Waals surface area contributed by atoms with Gasteiger partial charge in [0.1, 0.15) is 11.9 Å². The van der Waals surface area contributed by atoms with Crippen molar-refractivity contribution >= 4 is 18.3 Å². The smallest absolute Gasteiger partial charge is 0.336 e. The van der Waals surface area contributed by atoms with Crippen LogP contribution in [0.1, 0.15) is 24.7 Å².